The summed E-state index contributed by atoms with van der Waals surface area (Å²) in [4.78, 5) is 11.3. The van der Waals surface area contributed by atoms with Crippen LogP contribution in [0.15, 0.2) is 18.2 Å². The number of carbonyl (C=O) groups excluding carboxylic acids is 1. The first kappa shape index (κ1) is 17.3. The lowest BCUT2D eigenvalue weighted by molar-refractivity contribution is -0.117. The largest absolute Gasteiger partial charge is 0.493 e. The molecule has 0 aromatic heterocycles. The Morgan fingerprint density at radius 3 is 2.61 bits per heavy atom. The van der Waals surface area contributed by atoms with E-state index < -0.39 is 5.41 Å². The van der Waals surface area contributed by atoms with Gasteiger partial charge in [-0.3, -0.25) is 0 Å². The van der Waals surface area contributed by atoms with Crippen molar-refractivity contribution in [1.29, 1.82) is 5.26 Å². The van der Waals surface area contributed by atoms with Gasteiger partial charge in [0.05, 0.1) is 24.7 Å². The molecular weight excluding hydrogens is 290 g/mol. The van der Waals surface area contributed by atoms with E-state index in [9.17, 15) is 10.1 Å². The Bertz CT molecular complexity index is 599. The van der Waals surface area contributed by atoms with E-state index in [0.717, 1.165) is 18.4 Å². The van der Waals surface area contributed by atoms with Crippen LogP contribution in [0, 0.1) is 11.3 Å². The predicted octanol–water partition coefficient (Wildman–Crippen LogP) is 4.17. The van der Waals surface area contributed by atoms with Crippen LogP contribution in [0.4, 0.5) is 0 Å². The van der Waals surface area contributed by atoms with Crippen LogP contribution in [0.3, 0.4) is 0 Å². The summed E-state index contributed by atoms with van der Waals surface area (Å²) in [5.74, 6) is 1.48. The highest BCUT2D eigenvalue weighted by Crippen LogP contribution is 2.37. The molecule has 2 rings (SSSR count). The summed E-state index contributed by atoms with van der Waals surface area (Å²) in [5, 5.41) is 9.62. The summed E-state index contributed by atoms with van der Waals surface area (Å²) in [5.41, 5.74) is 0.168. The van der Waals surface area contributed by atoms with Crippen molar-refractivity contribution in [2.24, 2.45) is 0 Å². The van der Waals surface area contributed by atoms with E-state index in [-0.39, 0.29) is 11.9 Å². The van der Waals surface area contributed by atoms with Gasteiger partial charge in [-0.25, -0.2) is 0 Å². The predicted molar refractivity (Wildman–Crippen MR) is 88.8 cm³/mol. The summed E-state index contributed by atoms with van der Waals surface area (Å²) in [6.45, 7) is 3.43. The molecule has 1 aromatic carbocycles. The standard InChI is InChI=1S/C19H25NO3/c1-14(21)10-11-19(2,13-20)15-8-9-17(22-3)18(12-15)23-16-6-4-5-7-16/h8-9,12,16H,4-7,10-11H2,1-3H3. The number of nitriles is 1. The number of rotatable bonds is 7. The first-order chi connectivity index (χ1) is 11.0. The van der Waals surface area contributed by atoms with Crippen LogP contribution in [0.25, 0.3) is 0 Å². The summed E-state index contributed by atoms with van der Waals surface area (Å²) < 4.78 is 11.5. The third kappa shape index (κ3) is 4.25. The molecule has 0 heterocycles. The zero-order chi connectivity index (χ0) is 16.9. The molecule has 1 atom stereocenters. The van der Waals surface area contributed by atoms with Crippen molar-refractivity contribution < 1.29 is 14.3 Å². The second-order valence-corrected chi connectivity index (χ2v) is 6.54. The van der Waals surface area contributed by atoms with Crippen LogP contribution < -0.4 is 9.47 Å². The number of methoxy groups -OCH3 is 1. The second kappa shape index (κ2) is 7.50. The van der Waals surface area contributed by atoms with Crippen molar-refractivity contribution in [2.75, 3.05) is 7.11 Å². The molecule has 0 spiro atoms. The molecule has 1 aromatic rings. The van der Waals surface area contributed by atoms with Crippen molar-refractivity contribution in [3.8, 4) is 17.6 Å². The van der Waals surface area contributed by atoms with Gasteiger partial charge in [0.25, 0.3) is 0 Å². The molecule has 0 saturated heterocycles. The van der Waals surface area contributed by atoms with Gasteiger partial charge in [-0.05, 0) is 63.6 Å². The van der Waals surface area contributed by atoms with Gasteiger partial charge in [0.2, 0.25) is 0 Å². The Balaban J connectivity index is 2.27. The number of hydrogen-bond acceptors (Lipinski definition) is 4. The van der Waals surface area contributed by atoms with Gasteiger partial charge in [0.15, 0.2) is 11.5 Å². The van der Waals surface area contributed by atoms with Crippen LogP contribution in [0.2, 0.25) is 0 Å². The van der Waals surface area contributed by atoms with E-state index >= 15 is 0 Å². The Labute approximate surface area is 138 Å². The Hall–Kier alpha value is -2.02. The summed E-state index contributed by atoms with van der Waals surface area (Å²) in [7, 11) is 1.62. The minimum atomic E-state index is -0.703. The smallest absolute Gasteiger partial charge is 0.161 e. The van der Waals surface area contributed by atoms with E-state index in [1.54, 1.807) is 14.0 Å². The maximum absolute atomic E-state index is 11.3. The molecule has 4 nitrogen and oxygen atoms in total. The van der Waals surface area contributed by atoms with E-state index in [1.807, 2.05) is 25.1 Å². The monoisotopic (exact) mass is 315 g/mol. The summed E-state index contributed by atoms with van der Waals surface area (Å²) in [6, 6.07) is 8.01. The maximum Gasteiger partial charge on any atom is 0.161 e. The van der Waals surface area contributed by atoms with Crippen molar-refractivity contribution in [3.63, 3.8) is 0 Å². The number of hydrogen-bond donors (Lipinski definition) is 0. The van der Waals surface area contributed by atoms with Crippen LogP contribution >= 0.6 is 0 Å². The van der Waals surface area contributed by atoms with Gasteiger partial charge in [-0.2, -0.15) is 5.26 Å². The highest BCUT2D eigenvalue weighted by atomic mass is 16.5. The number of nitrogens with zero attached hydrogens (tertiary/aromatic N) is 1. The molecule has 1 aliphatic rings. The average Bonchev–Trinajstić information content (AvgIpc) is 3.05. The zero-order valence-corrected chi connectivity index (χ0v) is 14.2. The Morgan fingerprint density at radius 1 is 1.35 bits per heavy atom. The molecule has 1 fully saturated rings. The zero-order valence-electron chi connectivity index (χ0n) is 14.2. The summed E-state index contributed by atoms with van der Waals surface area (Å²) >= 11 is 0. The van der Waals surface area contributed by atoms with E-state index in [4.69, 9.17) is 9.47 Å². The first-order valence-electron chi connectivity index (χ1n) is 8.24. The first-order valence-corrected chi connectivity index (χ1v) is 8.24. The molecule has 23 heavy (non-hydrogen) atoms. The van der Waals surface area contributed by atoms with Gasteiger partial charge in [0, 0.05) is 6.42 Å². The molecule has 1 saturated carbocycles. The van der Waals surface area contributed by atoms with E-state index in [1.165, 1.54) is 12.8 Å². The van der Waals surface area contributed by atoms with Gasteiger partial charge in [0.1, 0.15) is 5.78 Å². The van der Waals surface area contributed by atoms with Crippen LogP contribution in [-0.2, 0) is 10.2 Å². The number of carbonyl (C=O) groups is 1. The van der Waals surface area contributed by atoms with Gasteiger partial charge in [-0.15, -0.1) is 0 Å². The van der Waals surface area contributed by atoms with E-state index in [0.29, 0.717) is 24.3 Å². The average molecular weight is 315 g/mol. The van der Waals surface area contributed by atoms with Crippen LogP contribution in [0.5, 0.6) is 11.5 Å². The Kier molecular flexibility index (Phi) is 5.65. The summed E-state index contributed by atoms with van der Waals surface area (Å²) in [6.07, 6.45) is 5.65. The van der Waals surface area contributed by atoms with Gasteiger partial charge in [-0.1, -0.05) is 6.07 Å². The molecule has 0 aliphatic heterocycles. The number of Topliss-reactive ketones (excluding diaryl/α,β-unsaturated/α-hetero) is 1. The number of benzene rings is 1. The molecule has 1 aliphatic carbocycles. The fourth-order valence-electron chi connectivity index (χ4n) is 2.99. The third-order valence-electron chi connectivity index (χ3n) is 4.62. The molecular formula is C19H25NO3. The molecule has 1 unspecified atom stereocenters. The van der Waals surface area contributed by atoms with Crippen molar-refractivity contribution >= 4 is 5.78 Å². The van der Waals surface area contributed by atoms with Crippen molar-refractivity contribution in [2.45, 2.75) is 63.9 Å². The van der Waals surface area contributed by atoms with Gasteiger partial charge < -0.3 is 14.3 Å². The topological polar surface area (TPSA) is 59.3 Å². The minimum absolute atomic E-state index is 0.0995. The normalized spacial score (nSPS) is 17.3. The molecule has 0 amide bonds. The Morgan fingerprint density at radius 2 is 2.04 bits per heavy atom. The molecule has 4 heteroatoms. The SMILES string of the molecule is COc1ccc(C(C)(C#N)CCC(C)=O)cc1OC1CCCC1. The molecule has 0 N–H and O–H groups in total. The number of ketones is 1. The fourth-order valence-corrected chi connectivity index (χ4v) is 2.99. The number of ether oxygens (including phenoxy) is 2. The lowest BCUT2D eigenvalue weighted by Gasteiger charge is -2.24. The van der Waals surface area contributed by atoms with Crippen LogP contribution in [0.1, 0.15) is 57.9 Å². The fraction of sp³-hybridized carbons (Fsp3) is 0.579. The highest BCUT2D eigenvalue weighted by molar-refractivity contribution is 5.75. The quantitative estimate of drug-likeness (QED) is 0.758. The molecule has 0 radical (unpaired) electrons. The lowest BCUT2D eigenvalue weighted by atomic mass is 9.79. The van der Waals surface area contributed by atoms with Crippen molar-refractivity contribution in [3.05, 3.63) is 23.8 Å². The van der Waals surface area contributed by atoms with Gasteiger partial charge >= 0.3 is 0 Å². The minimum Gasteiger partial charge on any atom is -0.493 e. The van der Waals surface area contributed by atoms with Crippen molar-refractivity contribution in [1.82, 2.24) is 0 Å². The maximum atomic E-state index is 11.3. The third-order valence-corrected chi connectivity index (χ3v) is 4.62. The molecule has 0 bridgehead atoms. The van der Waals surface area contributed by atoms with E-state index in [2.05, 4.69) is 6.07 Å². The molecule has 124 valence electrons. The van der Waals surface area contributed by atoms with Crippen LogP contribution in [-0.4, -0.2) is 19.0 Å². The highest BCUT2D eigenvalue weighted by Gasteiger charge is 2.28. The lowest BCUT2D eigenvalue weighted by Crippen LogP contribution is -2.21. The second-order valence-electron chi connectivity index (χ2n) is 6.54.